The van der Waals surface area contributed by atoms with Crippen molar-refractivity contribution in [1.82, 2.24) is 0 Å². The van der Waals surface area contributed by atoms with Crippen molar-refractivity contribution < 1.29 is 4.74 Å². The molecule has 0 saturated carbocycles. The molecule has 0 atom stereocenters. The van der Waals surface area contributed by atoms with E-state index < -0.39 is 0 Å². The zero-order valence-corrected chi connectivity index (χ0v) is 8.92. The first kappa shape index (κ1) is 12.0. The molecule has 0 bridgehead atoms. The number of nitrogens with two attached hydrogens (primary N) is 1. The summed E-state index contributed by atoms with van der Waals surface area (Å²) in [6, 6.07) is 6.01. The topological polar surface area (TPSA) is 35.2 Å². The smallest absolute Gasteiger partial charge is 0.123 e. The first-order valence-electron chi connectivity index (χ1n) is 4.61. The van der Waals surface area contributed by atoms with Gasteiger partial charge in [-0.25, -0.2) is 0 Å². The normalized spacial score (nSPS) is 8.69. The number of rotatable bonds is 2. The Morgan fingerprint density at radius 1 is 1.31 bits per heavy atom. The number of aryl methyl sites for hydroxylation is 1. The molecule has 0 amide bonds. The van der Waals surface area contributed by atoms with E-state index >= 15 is 0 Å². The van der Waals surface area contributed by atoms with Gasteiger partial charge < -0.3 is 10.5 Å². The highest BCUT2D eigenvalue weighted by molar-refractivity contribution is 5.36. The summed E-state index contributed by atoms with van der Waals surface area (Å²) >= 11 is 0. The van der Waals surface area contributed by atoms with E-state index in [1.807, 2.05) is 39.0 Å². The lowest BCUT2D eigenvalue weighted by atomic mass is 10.1. The average Bonchev–Trinajstić information content (AvgIpc) is 2.20. The molecule has 1 aromatic rings. The van der Waals surface area contributed by atoms with Gasteiger partial charge in [-0.15, -0.1) is 0 Å². The van der Waals surface area contributed by atoms with Gasteiger partial charge in [0.1, 0.15) is 5.75 Å². The van der Waals surface area contributed by atoms with Crippen LogP contribution in [-0.2, 0) is 6.54 Å². The van der Waals surface area contributed by atoms with Crippen LogP contribution in [0.2, 0.25) is 0 Å². The van der Waals surface area contributed by atoms with Gasteiger partial charge in [0.25, 0.3) is 0 Å². The lowest BCUT2D eigenvalue weighted by Gasteiger charge is -2.06. The highest BCUT2D eigenvalue weighted by Gasteiger charge is 1.98. The van der Waals surface area contributed by atoms with E-state index in [0.717, 1.165) is 11.3 Å². The molecule has 1 rings (SSSR count). The Morgan fingerprint density at radius 3 is 2.38 bits per heavy atom. The summed E-state index contributed by atoms with van der Waals surface area (Å²) in [5.74, 6) is 0.882. The van der Waals surface area contributed by atoms with Crippen LogP contribution in [0, 0.1) is 6.92 Å². The van der Waals surface area contributed by atoms with Crippen LogP contribution in [0.3, 0.4) is 0 Å². The van der Waals surface area contributed by atoms with E-state index in [-0.39, 0.29) is 0 Å². The Hall–Kier alpha value is -1.02. The van der Waals surface area contributed by atoms with Crippen molar-refractivity contribution in [3.05, 3.63) is 29.3 Å². The summed E-state index contributed by atoms with van der Waals surface area (Å²) in [5, 5.41) is 0. The molecule has 2 N–H and O–H groups in total. The van der Waals surface area contributed by atoms with Gasteiger partial charge in [0.15, 0.2) is 0 Å². The number of hydrogen-bond acceptors (Lipinski definition) is 2. The third kappa shape index (κ3) is 3.47. The zero-order valence-electron chi connectivity index (χ0n) is 8.92. The van der Waals surface area contributed by atoms with Crippen molar-refractivity contribution in [3.8, 4) is 5.75 Å². The molecule has 13 heavy (non-hydrogen) atoms. The van der Waals surface area contributed by atoms with Crippen molar-refractivity contribution >= 4 is 0 Å². The van der Waals surface area contributed by atoms with Crippen LogP contribution in [0.1, 0.15) is 25.0 Å². The SMILES string of the molecule is CC.COc1cc(C)ccc1CN. The van der Waals surface area contributed by atoms with E-state index in [4.69, 9.17) is 10.5 Å². The Bertz CT molecular complexity index is 246. The molecule has 0 radical (unpaired) electrons. The first-order valence-corrected chi connectivity index (χ1v) is 4.61. The Kier molecular flexibility index (Phi) is 5.98. The standard InChI is InChI=1S/C9H13NO.C2H6/c1-7-3-4-8(6-10)9(5-7)11-2;1-2/h3-5H,6,10H2,1-2H3;1-2H3. The molecule has 2 nitrogen and oxygen atoms in total. The Morgan fingerprint density at radius 2 is 1.92 bits per heavy atom. The van der Waals surface area contributed by atoms with Gasteiger partial charge in [-0.2, -0.15) is 0 Å². The van der Waals surface area contributed by atoms with Crippen LogP contribution in [-0.4, -0.2) is 7.11 Å². The lowest BCUT2D eigenvalue weighted by molar-refractivity contribution is 0.409. The van der Waals surface area contributed by atoms with Crippen molar-refractivity contribution in [2.45, 2.75) is 27.3 Å². The van der Waals surface area contributed by atoms with E-state index in [1.54, 1.807) is 7.11 Å². The predicted molar refractivity (Wildman–Crippen MR) is 57.0 cm³/mol. The van der Waals surface area contributed by atoms with Gasteiger partial charge in [0.2, 0.25) is 0 Å². The molecule has 0 aliphatic heterocycles. The summed E-state index contributed by atoms with van der Waals surface area (Å²) in [6.07, 6.45) is 0. The van der Waals surface area contributed by atoms with Gasteiger partial charge in [-0.05, 0) is 18.6 Å². The van der Waals surface area contributed by atoms with Gasteiger partial charge in [-0.3, -0.25) is 0 Å². The van der Waals surface area contributed by atoms with E-state index in [0.29, 0.717) is 6.54 Å². The van der Waals surface area contributed by atoms with Crippen LogP contribution in [0.5, 0.6) is 5.75 Å². The van der Waals surface area contributed by atoms with Gasteiger partial charge in [0.05, 0.1) is 7.11 Å². The molecule has 2 heteroatoms. The summed E-state index contributed by atoms with van der Waals surface area (Å²) in [7, 11) is 1.66. The average molecular weight is 181 g/mol. The van der Waals surface area contributed by atoms with Crippen molar-refractivity contribution in [1.29, 1.82) is 0 Å². The molecule has 0 spiro atoms. The second-order valence-electron chi connectivity index (χ2n) is 2.52. The van der Waals surface area contributed by atoms with E-state index in [2.05, 4.69) is 0 Å². The van der Waals surface area contributed by atoms with Crippen LogP contribution in [0.15, 0.2) is 18.2 Å². The quantitative estimate of drug-likeness (QED) is 0.760. The van der Waals surface area contributed by atoms with Crippen molar-refractivity contribution in [2.24, 2.45) is 5.73 Å². The second-order valence-corrected chi connectivity index (χ2v) is 2.52. The summed E-state index contributed by atoms with van der Waals surface area (Å²) < 4.78 is 5.14. The molecule has 0 unspecified atom stereocenters. The molecule has 0 aliphatic rings. The maximum atomic E-state index is 5.50. The Labute approximate surface area is 80.7 Å². The first-order chi connectivity index (χ1) is 6.27. The van der Waals surface area contributed by atoms with E-state index in [1.165, 1.54) is 5.56 Å². The maximum absolute atomic E-state index is 5.50. The van der Waals surface area contributed by atoms with Gasteiger partial charge >= 0.3 is 0 Å². The predicted octanol–water partition coefficient (Wildman–Crippen LogP) is 2.49. The van der Waals surface area contributed by atoms with Crippen molar-refractivity contribution in [3.63, 3.8) is 0 Å². The molecular weight excluding hydrogens is 162 g/mol. The van der Waals surface area contributed by atoms with Gasteiger partial charge in [0, 0.05) is 12.1 Å². The molecule has 0 fully saturated rings. The maximum Gasteiger partial charge on any atom is 0.123 e. The zero-order chi connectivity index (χ0) is 10.3. The molecule has 0 aromatic heterocycles. The highest BCUT2D eigenvalue weighted by Crippen LogP contribution is 2.18. The number of hydrogen-bond donors (Lipinski definition) is 1. The fraction of sp³-hybridized carbons (Fsp3) is 0.455. The summed E-state index contributed by atoms with van der Waals surface area (Å²) in [5.41, 5.74) is 7.74. The minimum atomic E-state index is 0.531. The molecule has 74 valence electrons. The number of methoxy groups -OCH3 is 1. The van der Waals surface area contributed by atoms with Gasteiger partial charge in [-0.1, -0.05) is 26.0 Å². The monoisotopic (exact) mass is 181 g/mol. The lowest BCUT2D eigenvalue weighted by Crippen LogP contribution is -1.99. The van der Waals surface area contributed by atoms with Crippen LogP contribution >= 0.6 is 0 Å². The Balaban J connectivity index is 0.000000671. The summed E-state index contributed by atoms with van der Waals surface area (Å²) in [4.78, 5) is 0. The third-order valence-electron chi connectivity index (χ3n) is 1.66. The van der Waals surface area contributed by atoms with Crippen molar-refractivity contribution in [2.75, 3.05) is 7.11 Å². The van der Waals surface area contributed by atoms with Crippen LogP contribution in [0.25, 0.3) is 0 Å². The van der Waals surface area contributed by atoms with Crippen LogP contribution in [0.4, 0.5) is 0 Å². The fourth-order valence-electron chi connectivity index (χ4n) is 1.02. The number of ether oxygens (including phenoxy) is 1. The fourth-order valence-corrected chi connectivity index (χ4v) is 1.02. The molecular formula is C11H19NO. The van der Waals surface area contributed by atoms with E-state index in [9.17, 15) is 0 Å². The molecule has 0 saturated heterocycles. The largest absolute Gasteiger partial charge is 0.496 e. The number of benzene rings is 1. The molecule has 0 heterocycles. The summed E-state index contributed by atoms with van der Waals surface area (Å²) in [6.45, 7) is 6.56. The van der Waals surface area contributed by atoms with Crippen LogP contribution < -0.4 is 10.5 Å². The highest BCUT2D eigenvalue weighted by atomic mass is 16.5. The third-order valence-corrected chi connectivity index (χ3v) is 1.66. The minimum Gasteiger partial charge on any atom is -0.496 e. The second kappa shape index (κ2) is 6.49. The molecule has 1 aromatic carbocycles. The minimum absolute atomic E-state index is 0.531. The molecule has 0 aliphatic carbocycles.